The van der Waals surface area contributed by atoms with Crippen LogP contribution in [0.25, 0.3) is 16.8 Å². The molecule has 4 aromatic carbocycles. The van der Waals surface area contributed by atoms with E-state index in [1.165, 1.54) is 10.9 Å². The largest absolute Gasteiger partial charge is 0.493 e. The van der Waals surface area contributed by atoms with Gasteiger partial charge in [-0.25, -0.2) is 0 Å². The van der Waals surface area contributed by atoms with Gasteiger partial charge in [-0.15, -0.1) is 0 Å². The van der Waals surface area contributed by atoms with Crippen LogP contribution in [0.5, 0.6) is 11.5 Å². The van der Waals surface area contributed by atoms with E-state index in [1.54, 1.807) is 25.3 Å². The minimum atomic E-state index is -0.401. The molecule has 0 aliphatic heterocycles. The second kappa shape index (κ2) is 12.8. The zero-order valence-corrected chi connectivity index (χ0v) is 22.1. The molecule has 0 bridgehead atoms. The Balaban J connectivity index is 1.41. The molecule has 0 aliphatic carbocycles. The lowest BCUT2D eigenvalue weighted by Gasteiger charge is -2.14. The second-order valence-electron chi connectivity index (χ2n) is 8.52. The number of carbonyl (C=O) groups is 1. The van der Waals surface area contributed by atoms with E-state index in [4.69, 9.17) is 9.47 Å². The molecule has 1 amide bonds. The van der Waals surface area contributed by atoms with Gasteiger partial charge in [-0.05, 0) is 80.5 Å². The Bertz CT molecular complexity index is 1460. The number of nitrogens with one attached hydrogen (secondary N) is 1. The van der Waals surface area contributed by atoms with E-state index in [1.807, 2.05) is 42.5 Å². The van der Waals surface area contributed by atoms with Crippen LogP contribution in [0.2, 0.25) is 0 Å². The standard InChI is InChI=1S/C31H27BrN2O3/c1-36-29-19-24(17-27(20-33)31(35)34-15-7-10-22-8-3-2-4-9-22)18-28(32)30(29)37-21-23-13-14-25-11-5-6-12-26(25)16-23/h2-6,8-9,11-14,16-19H,7,10,15,21H2,1H3,(H,34,35)/b27-17-. The second-order valence-corrected chi connectivity index (χ2v) is 9.37. The number of benzene rings is 4. The number of aryl methyl sites for hydroxylation is 1. The lowest BCUT2D eigenvalue weighted by Crippen LogP contribution is -2.25. The summed E-state index contributed by atoms with van der Waals surface area (Å²) >= 11 is 3.56. The van der Waals surface area contributed by atoms with E-state index in [9.17, 15) is 10.1 Å². The molecule has 0 fully saturated rings. The third-order valence-corrected chi connectivity index (χ3v) is 6.48. The normalized spacial score (nSPS) is 11.1. The highest BCUT2D eigenvalue weighted by Crippen LogP contribution is 2.38. The monoisotopic (exact) mass is 554 g/mol. The molecule has 0 unspecified atom stereocenters. The number of fused-ring (bicyclic) bond motifs is 1. The molecule has 0 saturated carbocycles. The first kappa shape index (κ1) is 26.0. The molecular formula is C31H27BrN2O3. The first-order valence-electron chi connectivity index (χ1n) is 12.0. The topological polar surface area (TPSA) is 71.3 Å². The van der Waals surface area contributed by atoms with Gasteiger partial charge in [0, 0.05) is 6.54 Å². The quantitative estimate of drug-likeness (QED) is 0.132. The van der Waals surface area contributed by atoms with Crippen molar-refractivity contribution < 1.29 is 14.3 Å². The van der Waals surface area contributed by atoms with E-state index in [2.05, 4.69) is 57.6 Å². The Hall–Kier alpha value is -4.08. The molecule has 0 radical (unpaired) electrons. The molecule has 6 heteroatoms. The summed E-state index contributed by atoms with van der Waals surface area (Å²) in [5.41, 5.74) is 2.93. The maximum Gasteiger partial charge on any atom is 0.261 e. The highest BCUT2D eigenvalue weighted by atomic mass is 79.9. The summed E-state index contributed by atoms with van der Waals surface area (Å²) in [6.45, 7) is 0.852. The number of methoxy groups -OCH3 is 1. The van der Waals surface area contributed by atoms with Crippen LogP contribution < -0.4 is 14.8 Å². The molecule has 1 N–H and O–H groups in total. The van der Waals surface area contributed by atoms with Gasteiger partial charge in [0.1, 0.15) is 18.2 Å². The number of nitrogens with zero attached hydrogens (tertiary/aromatic N) is 1. The van der Waals surface area contributed by atoms with Crippen LogP contribution in [0.1, 0.15) is 23.1 Å². The molecule has 4 rings (SSSR count). The lowest BCUT2D eigenvalue weighted by atomic mass is 10.1. The van der Waals surface area contributed by atoms with Gasteiger partial charge in [-0.3, -0.25) is 4.79 Å². The Morgan fingerprint density at radius 1 is 0.973 bits per heavy atom. The summed E-state index contributed by atoms with van der Waals surface area (Å²) in [7, 11) is 1.56. The van der Waals surface area contributed by atoms with Gasteiger partial charge in [0.2, 0.25) is 0 Å². The van der Waals surface area contributed by atoms with Crippen LogP contribution in [-0.2, 0) is 17.8 Å². The maximum atomic E-state index is 12.6. The molecule has 37 heavy (non-hydrogen) atoms. The molecule has 0 saturated heterocycles. The summed E-state index contributed by atoms with van der Waals surface area (Å²) in [4.78, 5) is 12.6. The third-order valence-electron chi connectivity index (χ3n) is 5.90. The zero-order valence-electron chi connectivity index (χ0n) is 20.5. The average Bonchev–Trinajstić information content (AvgIpc) is 2.93. The van der Waals surface area contributed by atoms with E-state index in [0.717, 1.165) is 23.8 Å². The Labute approximate surface area is 225 Å². The van der Waals surface area contributed by atoms with E-state index in [0.29, 0.717) is 34.7 Å². The first-order valence-corrected chi connectivity index (χ1v) is 12.8. The Morgan fingerprint density at radius 2 is 1.73 bits per heavy atom. The van der Waals surface area contributed by atoms with E-state index < -0.39 is 5.91 Å². The number of hydrogen-bond donors (Lipinski definition) is 1. The van der Waals surface area contributed by atoms with Gasteiger partial charge in [-0.2, -0.15) is 5.26 Å². The number of halogens is 1. The van der Waals surface area contributed by atoms with Crippen LogP contribution in [0.15, 0.2) is 95.0 Å². The Kier molecular flexibility index (Phi) is 8.96. The van der Waals surface area contributed by atoms with Gasteiger partial charge in [0.05, 0.1) is 11.6 Å². The minimum absolute atomic E-state index is 0.0264. The fraction of sp³-hybridized carbons (Fsp3) is 0.161. The molecular weight excluding hydrogens is 528 g/mol. The molecule has 5 nitrogen and oxygen atoms in total. The predicted octanol–water partition coefficient (Wildman–Crippen LogP) is 6.85. The molecule has 0 atom stereocenters. The maximum absolute atomic E-state index is 12.6. The third kappa shape index (κ3) is 6.99. The van der Waals surface area contributed by atoms with Crippen molar-refractivity contribution in [2.75, 3.05) is 13.7 Å². The summed E-state index contributed by atoms with van der Waals surface area (Å²) in [6.07, 6.45) is 3.20. The summed E-state index contributed by atoms with van der Waals surface area (Å²) < 4.78 is 12.3. The van der Waals surface area contributed by atoms with Gasteiger partial charge in [-0.1, -0.05) is 66.7 Å². The molecule has 0 heterocycles. The van der Waals surface area contributed by atoms with Crippen molar-refractivity contribution in [2.45, 2.75) is 19.4 Å². The van der Waals surface area contributed by atoms with Crippen LogP contribution in [-0.4, -0.2) is 19.6 Å². The number of rotatable bonds is 10. The highest BCUT2D eigenvalue weighted by molar-refractivity contribution is 9.10. The van der Waals surface area contributed by atoms with Gasteiger partial charge >= 0.3 is 0 Å². The van der Waals surface area contributed by atoms with Crippen molar-refractivity contribution in [3.8, 4) is 17.6 Å². The molecule has 186 valence electrons. The predicted molar refractivity (Wildman–Crippen MR) is 150 cm³/mol. The fourth-order valence-corrected chi connectivity index (χ4v) is 4.57. The minimum Gasteiger partial charge on any atom is -0.493 e. The highest BCUT2D eigenvalue weighted by Gasteiger charge is 2.14. The summed E-state index contributed by atoms with van der Waals surface area (Å²) in [5, 5.41) is 14.7. The van der Waals surface area contributed by atoms with Crippen molar-refractivity contribution in [3.05, 3.63) is 112 Å². The number of carbonyl (C=O) groups excluding carboxylic acids is 1. The zero-order chi connectivity index (χ0) is 26.0. The van der Waals surface area contributed by atoms with E-state index >= 15 is 0 Å². The van der Waals surface area contributed by atoms with Gasteiger partial charge in [0.25, 0.3) is 5.91 Å². The van der Waals surface area contributed by atoms with Crippen molar-refractivity contribution in [1.82, 2.24) is 5.32 Å². The van der Waals surface area contributed by atoms with Gasteiger partial charge in [0.15, 0.2) is 11.5 Å². The lowest BCUT2D eigenvalue weighted by molar-refractivity contribution is -0.117. The Morgan fingerprint density at radius 3 is 2.49 bits per heavy atom. The molecule has 0 aliphatic rings. The number of ether oxygens (including phenoxy) is 2. The average molecular weight is 555 g/mol. The molecule has 4 aromatic rings. The number of hydrogen-bond acceptors (Lipinski definition) is 4. The molecule has 0 spiro atoms. The van der Waals surface area contributed by atoms with Crippen LogP contribution >= 0.6 is 15.9 Å². The summed E-state index contributed by atoms with van der Waals surface area (Å²) in [6, 6.07) is 30.0. The number of nitriles is 1. The van der Waals surface area contributed by atoms with Crippen molar-refractivity contribution >= 4 is 38.7 Å². The first-order chi connectivity index (χ1) is 18.1. The van der Waals surface area contributed by atoms with Crippen molar-refractivity contribution in [2.24, 2.45) is 0 Å². The van der Waals surface area contributed by atoms with Crippen LogP contribution in [0.3, 0.4) is 0 Å². The summed E-state index contributed by atoms with van der Waals surface area (Å²) in [5.74, 6) is 0.654. The number of amides is 1. The van der Waals surface area contributed by atoms with Crippen LogP contribution in [0, 0.1) is 11.3 Å². The van der Waals surface area contributed by atoms with Crippen LogP contribution in [0.4, 0.5) is 0 Å². The van der Waals surface area contributed by atoms with Crippen molar-refractivity contribution in [3.63, 3.8) is 0 Å². The molecule has 0 aromatic heterocycles. The van der Waals surface area contributed by atoms with E-state index in [-0.39, 0.29) is 5.57 Å². The van der Waals surface area contributed by atoms with Crippen molar-refractivity contribution in [1.29, 1.82) is 5.26 Å². The van der Waals surface area contributed by atoms with Gasteiger partial charge < -0.3 is 14.8 Å². The SMILES string of the molecule is COc1cc(/C=C(/C#N)C(=O)NCCCc2ccccc2)cc(Br)c1OCc1ccc2ccccc2c1. The smallest absolute Gasteiger partial charge is 0.261 e. The fourth-order valence-electron chi connectivity index (χ4n) is 4.00.